The lowest BCUT2D eigenvalue weighted by molar-refractivity contribution is -0.125. The predicted molar refractivity (Wildman–Crippen MR) is 100 cm³/mol. The van der Waals surface area contributed by atoms with Gasteiger partial charge in [-0.25, -0.2) is 9.97 Å². The minimum atomic E-state index is -0.171. The molecule has 1 saturated carbocycles. The predicted octanol–water partition coefficient (Wildman–Crippen LogP) is 3.70. The number of fused-ring (bicyclic) bond motifs is 1. The molecule has 134 valence electrons. The number of nitrogens with one attached hydrogen (secondary N) is 2. The number of carbonyl (C=O) groups is 1. The zero-order chi connectivity index (χ0) is 18.3. The fourth-order valence-electron chi connectivity index (χ4n) is 2.87. The highest BCUT2D eigenvalue weighted by Gasteiger charge is 2.44. The van der Waals surface area contributed by atoms with E-state index in [9.17, 15) is 4.79 Å². The summed E-state index contributed by atoms with van der Waals surface area (Å²) in [6.07, 6.45) is 5.12. The van der Waals surface area contributed by atoms with Crippen molar-refractivity contribution in [2.75, 3.05) is 7.11 Å². The van der Waals surface area contributed by atoms with Crippen LogP contribution in [0.1, 0.15) is 25.5 Å². The molecule has 0 radical (unpaired) electrons. The summed E-state index contributed by atoms with van der Waals surface area (Å²) in [5.74, 6) is 0.566. The van der Waals surface area contributed by atoms with E-state index < -0.39 is 0 Å². The number of hydrogen-bond donors (Lipinski definition) is 2. The van der Waals surface area contributed by atoms with Crippen LogP contribution < -0.4 is 10.1 Å². The average Bonchev–Trinajstić information content (AvgIpc) is 3.28. The van der Waals surface area contributed by atoms with Crippen LogP contribution in [0.4, 0.5) is 0 Å². The summed E-state index contributed by atoms with van der Waals surface area (Å²) in [7, 11) is 1.55. The number of nitrogens with zero attached hydrogens (tertiary/aromatic N) is 2. The molecule has 0 saturated heterocycles. The Hall–Kier alpha value is -2.60. The van der Waals surface area contributed by atoms with Gasteiger partial charge in [-0.2, -0.15) is 0 Å². The number of aromatic amines is 1. The largest absolute Gasteiger partial charge is 0.480 e. The van der Waals surface area contributed by atoms with Crippen LogP contribution in [0.15, 0.2) is 30.6 Å². The molecule has 7 heteroatoms. The Labute approximate surface area is 155 Å². The lowest BCUT2D eigenvalue weighted by Crippen LogP contribution is -2.29. The molecular weight excluding hydrogens is 352 g/mol. The minimum Gasteiger partial charge on any atom is -0.480 e. The van der Waals surface area contributed by atoms with Crippen molar-refractivity contribution < 1.29 is 9.53 Å². The van der Waals surface area contributed by atoms with Crippen molar-refractivity contribution >= 4 is 28.4 Å². The third-order valence-corrected chi connectivity index (χ3v) is 5.18. The summed E-state index contributed by atoms with van der Waals surface area (Å²) in [5, 5.41) is 4.58. The van der Waals surface area contributed by atoms with Crippen LogP contribution in [0, 0.1) is 5.41 Å². The van der Waals surface area contributed by atoms with Crippen LogP contribution in [-0.2, 0) is 11.3 Å². The van der Waals surface area contributed by atoms with Gasteiger partial charge >= 0.3 is 0 Å². The summed E-state index contributed by atoms with van der Waals surface area (Å²) >= 11 is 6.43. The quantitative estimate of drug-likeness (QED) is 0.717. The molecule has 0 unspecified atom stereocenters. The van der Waals surface area contributed by atoms with Crippen molar-refractivity contribution in [2.24, 2.45) is 5.41 Å². The van der Waals surface area contributed by atoms with Crippen LogP contribution in [0.2, 0.25) is 5.02 Å². The molecule has 1 fully saturated rings. The van der Waals surface area contributed by atoms with Crippen molar-refractivity contribution in [2.45, 2.75) is 26.3 Å². The zero-order valence-corrected chi connectivity index (χ0v) is 15.4. The zero-order valence-electron chi connectivity index (χ0n) is 14.6. The number of amides is 1. The van der Waals surface area contributed by atoms with Crippen LogP contribution in [0.5, 0.6) is 5.88 Å². The number of ether oxygens (including phenoxy) is 1. The molecule has 2 N–H and O–H groups in total. The molecule has 1 amide bonds. The Kier molecular flexibility index (Phi) is 4.07. The Morgan fingerprint density at radius 3 is 2.77 bits per heavy atom. The van der Waals surface area contributed by atoms with Gasteiger partial charge in [0.15, 0.2) is 0 Å². The van der Waals surface area contributed by atoms with E-state index in [1.807, 2.05) is 25.1 Å². The maximum Gasteiger partial charge on any atom is 0.232 e. The third-order valence-electron chi connectivity index (χ3n) is 4.86. The van der Waals surface area contributed by atoms with E-state index in [2.05, 4.69) is 20.3 Å². The monoisotopic (exact) mass is 370 g/mol. The van der Waals surface area contributed by atoms with Crippen molar-refractivity contribution in [1.29, 1.82) is 0 Å². The van der Waals surface area contributed by atoms with E-state index in [0.717, 1.165) is 35.0 Å². The summed E-state index contributed by atoms with van der Waals surface area (Å²) in [5.41, 5.74) is 3.16. The van der Waals surface area contributed by atoms with Gasteiger partial charge in [-0.15, -0.1) is 0 Å². The number of H-pyrrole nitrogens is 1. The van der Waals surface area contributed by atoms with E-state index in [1.165, 1.54) is 0 Å². The molecule has 0 aliphatic heterocycles. The first kappa shape index (κ1) is 16.8. The second-order valence-electron chi connectivity index (χ2n) is 6.90. The summed E-state index contributed by atoms with van der Waals surface area (Å²) in [4.78, 5) is 23.9. The smallest absolute Gasteiger partial charge is 0.232 e. The summed E-state index contributed by atoms with van der Waals surface area (Å²) < 4.78 is 5.04. The van der Waals surface area contributed by atoms with Gasteiger partial charge in [-0.05, 0) is 31.0 Å². The molecule has 0 spiro atoms. The Morgan fingerprint density at radius 1 is 1.31 bits per heavy atom. The molecule has 3 aromatic rings. The van der Waals surface area contributed by atoms with Crippen LogP contribution >= 0.6 is 11.6 Å². The van der Waals surface area contributed by atoms with Crippen LogP contribution in [0.3, 0.4) is 0 Å². The van der Waals surface area contributed by atoms with E-state index in [4.69, 9.17) is 16.3 Å². The highest BCUT2D eigenvalue weighted by molar-refractivity contribution is 6.34. The van der Waals surface area contributed by atoms with E-state index in [1.54, 1.807) is 19.5 Å². The normalized spacial score (nSPS) is 15.0. The maximum absolute atomic E-state index is 12.1. The molecule has 1 aliphatic carbocycles. The van der Waals surface area contributed by atoms with Crippen LogP contribution in [-0.4, -0.2) is 28.0 Å². The van der Waals surface area contributed by atoms with E-state index >= 15 is 0 Å². The highest BCUT2D eigenvalue weighted by Crippen LogP contribution is 2.45. The maximum atomic E-state index is 12.1. The number of aromatic nitrogens is 3. The number of halogens is 1. The lowest BCUT2D eigenvalue weighted by Gasteiger charge is -2.08. The Morgan fingerprint density at radius 2 is 2.12 bits per heavy atom. The first-order valence-corrected chi connectivity index (χ1v) is 8.82. The van der Waals surface area contributed by atoms with Gasteiger partial charge in [0.1, 0.15) is 0 Å². The summed E-state index contributed by atoms with van der Waals surface area (Å²) in [6, 6.07) is 5.84. The molecule has 0 atom stereocenters. The first-order valence-electron chi connectivity index (χ1n) is 8.44. The Balaban J connectivity index is 1.58. The molecule has 6 nitrogen and oxygen atoms in total. The van der Waals surface area contributed by atoms with E-state index in [0.29, 0.717) is 23.1 Å². The lowest BCUT2D eigenvalue weighted by atomic mass is 10.1. The second-order valence-corrected chi connectivity index (χ2v) is 7.31. The van der Waals surface area contributed by atoms with Crippen LogP contribution in [0.25, 0.3) is 22.2 Å². The van der Waals surface area contributed by atoms with Crippen molar-refractivity contribution in [3.63, 3.8) is 0 Å². The number of rotatable bonds is 5. The molecule has 1 aliphatic rings. The fourth-order valence-corrected chi connectivity index (χ4v) is 3.14. The Bertz CT molecular complexity index is 977. The van der Waals surface area contributed by atoms with Gasteiger partial charge in [-0.1, -0.05) is 18.5 Å². The number of hydrogen-bond acceptors (Lipinski definition) is 4. The van der Waals surface area contributed by atoms with Gasteiger partial charge in [0.25, 0.3) is 0 Å². The fraction of sp³-hybridized carbons (Fsp3) is 0.316. The molecule has 26 heavy (non-hydrogen) atoms. The number of carbonyl (C=O) groups excluding carboxylic acids is 1. The molecule has 4 rings (SSSR count). The highest BCUT2D eigenvalue weighted by atomic mass is 35.5. The number of benzene rings is 1. The van der Waals surface area contributed by atoms with Crippen molar-refractivity contribution in [3.8, 4) is 17.1 Å². The molecule has 1 aromatic carbocycles. The second kappa shape index (κ2) is 6.29. The standard InChI is InChI=1S/C19H19ClN4O2/c1-19(3-4-19)18(25)23-8-12-5-11-6-14(20)13(7-15(11)24-12)16-9-22-17(26-2)10-21-16/h5-7,9-10,24H,3-4,8H2,1-2H3,(H,23,25). The topological polar surface area (TPSA) is 79.9 Å². The van der Waals surface area contributed by atoms with Gasteiger partial charge in [-0.3, -0.25) is 4.79 Å². The van der Waals surface area contributed by atoms with Crippen molar-refractivity contribution in [3.05, 3.63) is 41.3 Å². The van der Waals surface area contributed by atoms with E-state index in [-0.39, 0.29) is 11.3 Å². The minimum absolute atomic E-state index is 0.114. The third kappa shape index (κ3) is 3.12. The van der Waals surface area contributed by atoms with Crippen molar-refractivity contribution in [1.82, 2.24) is 20.3 Å². The molecule has 2 aromatic heterocycles. The average molecular weight is 371 g/mol. The molecule has 0 bridgehead atoms. The number of methoxy groups -OCH3 is 1. The van der Waals surface area contributed by atoms with Gasteiger partial charge < -0.3 is 15.0 Å². The summed E-state index contributed by atoms with van der Waals surface area (Å²) in [6.45, 7) is 2.47. The molecule has 2 heterocycles. The van der Waals surface area contributed by atoms with Gasteiger partial charge in [0, 0.05) is 27.6 Å². The molecular formula is C19H19ClN4O2. The SMILES string of the molecule is COc1cnc(-c2cc3[nH]c(CNC(=O)C4(C)CC4)cc3cc2Cl)cn1. The van der Waals surface area contributed by atoms with Gasteiger partial charge in [0.05, 0.1) is 36.8 Å². The van der Waals surface area contributed by atoms with Gasteiger partial charge in [0.2, 0.25) is 11.8 Å². The first-order chi connectivity index (χ1) is 12.5.